The topological polar surface area (TPSA) is 169 Å². The molecule has 1 fully saturated rings. The van der Waals surface area contributed by atoms with Gasteiger partial charge in [-0.05, 0) is 0 Å². The Kier molecular flexibility index (Phi) is 5.84. The summed E-state index contributed by atoms with van der Waals surface area (Å²) in [5.74, 6) is -1.77. The number of anilines is 1. The summed E-state index contributed by atoms with van der Waals surface area (Å²) in [6, 6.07) is 2.01. The molecule has 3 unspecified atom stereocenters. The molecule has 0 aromatic carbocycles. The summed E-state index contributed by atoms with van der Waals surface area (Å²) < 4.78 is 23.1. The Morgan fingerprint density at radius 2 is 1.83 bits per heavy atom. The lowest BCUT2D eigenvalue weighted by molar-refractivity contribution is -0.166. The van der Waals surface area contributed by atoms with Gasteiger partial charge in [-0.25, -0.2) is 9.97 Å². The third-order valence-corrected chi connectivity index (χ3v) is 4.37. The van der Waals surface area contributed by atoms with Gasteiger partial charge < -0.3 is 29.2 Å². The van der Waals surface area contributed by atoms with E-state index in [4.69, 9.17) is 24.7 Å². The Bertz CT molecular complexity index is 1040. The summed E-state index contributed by atoms with van der Waals surface area (Å²) in [6.07, 6.45) is -1.52. The van der Waals surface area contributed by atoms with Crippen molar-refractivity contribution in [2.24, 2.45) is 0 Å². The molecule has 2 aromatic heterocycles. The molecule has 1 saturated heterocycles. The van der Waals surface area contributed by atoms with Crippen molar-refractivity contribution >= 4 is 34.8 Å². The molecule has 1 aliphatic rings. The van der Waals surface area contributed by atoms with Gasteiger partial charge in [0.05, 0.1) is 10.9 Å². The van der Waals surface area contributed by atoms with E-state index in [-0.39, 0.29) is 23.6 Å². The monoisotopic (exact) mass is 417 g/mol. The summed E-state index contributed by atoms with van der Waals surface area (Å²) in [6.45, 7) is 3.35. The fraction of sp³-hybridized carbons (Fsp3) is 0.444. The number of hydrogen-bond acceptors (Lipinski definition) is 11. The van der Waals surface area contributed by atoms with Crippen molar-refractivity contribution in [1.82, 2.24) is 14.5 Å². The van der Waals surface area contributed by atoms with Crippen LogP contribution >= 0.6 is 0 Å². The highest BCUT2D eigenvalue weighted by molar-refractivity contribution is 5.92. The highest BCUT2D eigenvalue weighted by Crippen LogP contribution is 2.37. The molecular weight excluding hydrogens is 398 g/mol. The van der Waals surface area contributed by atoms with E-state index in [0.717, 1.165) is 0 Å². The number of nitrogen functional groups attached to an aromatic ring is 1. The van der Waals surface area contributed by atoms with E-state index < -0.39 is 42.4 Å². The van der Waals surface area contributed by atoms with Crippen molar-refractivity contribution in [3.8, 4) is 6.07 Å². The maximum absolute atomic E-state index is 11.7. The molecule has 0 saturated carbocycles. The number of hydrogen-bond donors (Lipinski definition) is 1. The fourth-order valence-corrected chi connectivity index (χ4v) is 3.30. The SMILES string of the molecule is CC(=O)OCC1O[C@@H](n2cc(C#N)c3c(N)ncnc32)C(OC(C)=O)C1OC(C)=O. The van der Waals surface area contributed by atoms with Crippen molar-refractivity contribution < 1.29 is 33.3 Å². The molecule has 2 N–H and O–H groups in total. The first-order valence-corrected chi connectivity index (χ1v) is 8.87. The highest BCUT2D eigenvalue weighted by atomic mass is 16.7. The number of esters is 3. The smallest absolute Gasteiger partial charge is 0.303 e. The largest absolute Gasteiger partial charge is 0.463 e. The third-order valence-electron chi connectivity index (χ3n) is 4.37. The number of nitrogens with zero attached hydrogens (tertiary/aromatic N) is 4. The molecule has 0 aliphatic carbocycles. The molecule has 30 heavy (non-hydrogen) atoms. The van der Waals surface area contributed by atoms with Crippen LogP contribution < -0.4 is 5.73 Å². The first kappa shape index (κ1) is 21.0. The van der Waals surface area contributed by atoms with E-state index in [1.54, 1.807) is 0 Å². The summed E-state index contributed by atoms with van der Waals surface area (Å²) in [5.41, 5.74) is 6.33. The molecule has 0 spiro atoms. The van der Waals surface area contributed by atoms with Gasteiger partial charge in [0, 0.05) is 27.0 Å². The number of fused-ring (bicyclic) bond motifs is 1. The van der Waals surface area contributed by atoms with Gasteiger partial charge in [-0.15, -0.1) is 0 Å². The van der Waals surface area contributed by atoms with Gasteiger partial charge >= 0.3 is 17.9 Å². The molecule has 158 valence electrons. The van der Waals surface area contributed by atoms with Crippen LogP contribution in [-0.2, 0) is 33.3 Å². The maximum atomic E-state index is 11.7. The number of nitriles is 1. The number of carbonyl (C=O) groups is 3. The summed E-state index contributed by atoms with van der Waals surface area (Å²) in [5, 5.41) is 9.77. The Hall–Kier alpha value is -3.72. The van der Waals surface area contributed by atoms with Crippen molar-refractivity contribution in [2.75, 3.05) is 12.3 Å². The van der Waals surface area contributed by atoms with E-state index in [1.165, 1.54) is 37.9 Å². The molecule has 3 rings (SSSR count). The van der Waals surface area contributed by atoms with Crippen LogP contribution in [0.2, 0.25) is 0 Å². The molecule has 0 radical (unpaired) electrons. The van der Waals surface area contributed by atoms with Crippen LogP contribution in [0.15, 0.2) is 12.5 Å². The molecule has 0 bridgehead atoms. The fourth-order valence-electron chi connectivity index (χ4n) is 3.30. The molecule has 4 atom stereocenters. The Balaban J connectivity index is 2.09. The van der Waals surface area contributed by atoms with Crippen LogP contribution in [0, 0.1) is 11.3 Å². The van der Waals surface area contributed by atoms with Crippen molar-refractivity contribution in [3.05, 3.63) is 18.1 Å². The minimum absolute atomic E-state index is 0.0883. The average Bonchev–Trinajstić information content (AvgIpc) is 3.19. The lowest BCUT2D eigenvalue weighted by Gasteiger charge is -2.24. The van der Waals surface area contributed by atoms with Crippen molar-refractivity contribution in [3.63, 3.8) is 0 Å². The van der Waals surface area contributed by atoms with Crippen LogP contribution in [-0.4, -0.2) is 57.4 Å². The highest BCUT2D eigenvalue weighted by Gasteiger charge is 2.51. The van der Waals surface area contributed by atoms with E-state index in [0.29, 0.717) is 5.39 Å². The zero-order valence-corrected chi connectivity index (χ0v) is 16.4. The number of ether oxygens (including phenoxy) is 4. The van der Waals surface area contributed by atoms with Gasteiger partial charge in [-0.3, -0.25) is 14.4 Å². The van der Waals surface area contributed by atoms with Crippen LogP contribution in [0.25, 0.3) is 11.0 Å². The quantitative estimate of drug-likeness (QED) is 0.521. The maximum Gasteiger partial charge on any atom is 0.303 e. The first-order valence-electron chi connectivity index (χ1n) is 8.87. The van der Waals surface area contributed by atoms with Crippen LogP contribution in [0.4, 0.5) is 5.82 Å². The minimum atomic E-state index is -1.11. The van der Waals surface area contributed by atoms with Crippen LogP contribution in [0.5, 0.6) is 0 Å². The Morgan fingerprint density at radius 3 is 2.43 bits per heavy atom. The molecule has 12 nitrogen and oxygen atoms in total. The van der Waals surface area contributed by atoms with E-state index in [2.05, 4.69) is 9.97 Å². The lowest BCUT2D eigenvalue weighted by atomic mass is 10.1. The standard InChI is InChI=1S/C18H19N5O7/c1-8(24)27-6-12-14(28-9(2)25)15(29-10(3)26)18(30-12)23-5-11(4-19)13-16(20)21-7-22-17(13)23/h5,7,12,14-15,18H,6H2,1-3H3,(H2,20,21,22)/t12?,14?,15?,18-/m1/s1. The second kappa shape index (κ2) is 8.34. The Morgan fingerprint density at radius 1 is 1.17 bits per heavy atom. The van der Waals surface area contributed by atoms with Gasteiger partial charge in [-0.2, -0.15) is 5.26 Å². The van der Waals surface area contributed by atoms with E-state index in [1.807, 2.05) is 6.07 Å². The molecule has 3 heterocycles. The van der Waals surface area contributed by atoms with Gasteiger partial charge in [-0.1, -0.05) is 0 Å². The molecule has 0 amide bonds. The molecule has 2 aromatic rings. The second-order valence-electron chi connectivity index (χ2n) is 6.54. The number of nitrogens with two attached hydrogens (primary N) is 1. The van der Waals surface area contributed by atoms with Crippen molar-refractivity contribution in [2.45, 2.75) is 45.3 Å². The second-order valence-corrected chi connectivity index (χ2v) is 6.54. The summed E-state index contributed by atoms with van der Waals surface area (Å²) in [7, 11) is 0. The van der Waals surface area contributed by atoms with Gasteiger partial charge in [0.1, 0.15) is 36.6 Å². The van der Waals surface area contributed by atoms with E-state index in [9.17, 15) is 19.6 Å². The van der Waals surface area contributed by atoms with Gasteiger partial charge in [0.15, 0.2) is 18.4 Å². The van der Waals surface area contributed by atoms with E-state index >= 15 is 0 Å². The third kappa shape index (κ3) is 4.01. The molecular formula is C18H19N5O7. The molecule has 12 heteroatoms. The summed E-state index contributed by atoms with van der Waals surface area (Å²) in [4.78, 5) is 42.7. The minimum Gasteiger partial charge on any atom is -0.463 e. The predicted octanol–water partition coefficient (Wildman–Crippen LogP) is 0.209. The normalized spacial score (nSPS) is 23.0. The zero-order valence-electron chi connectivity index (χ0n) is 16.4. The average molecular weight is 417 g/mol. The lowest BCUT2D eigenvalue weighted by Crippen LogP contribution is -2.40. The van der Waals surface area contributed by atoms with Gasteiger partial charge in [0.2, 0.25) is 0 Å². The zero-order chi connectivity index (χ0) is 22.0. The Labute approximate surface area is 170 Å². The number of carbonyl (C=O) groups excluding carboxylic acids is 3. The van der Waals surface area contributed by atoms with Crippen LogP contribution in [0.1, 0.15) is 32.6 Å². The molecule has 1 aliphatic heterocycles. The van der Waals surface area contributed by atoms with Crippen molar-refractivity contribution in [1.29, 1.82) is 5.26 Å². The summed E-state index contributed by atoms with van der Waals surface area (Å²) >= 11 is 0. The van der Waals surface area contributed by atoms with Crippen LogP contribution in [0.3, 0.4) is 0 Å². The number of aromatic nitrogens is 3. The number of rotatable bonds is 5. The van der Waals surface area contributed by atoms with Gasteiger partial charge in [0.25, 0.3) is 0 Å². The predicted molar refractivity (Wildman–Crippen MR) is 98.3 cm³/mol. The first-order chi connectivity index (χ1) is 14.2.